The van der Waals surface area contributed by atoms with E-state index in [0.717, 1.165) is 0 Å². The molecule has 25 heavy (non-hydrogen) atoms. The minimum Gasteiger partial charge on any atom is -0.0622 e. The molecule has 0 bridgehead atoms. The lowest BCUT2D eigenvalue weighted by molar-refractivity contribution is 1.46. The molecule has 4 aromatic carbocycles. The second-order valence-corrected chi connectivity index (χ2v) is 6.33. The zero-order chi connectivity index (χ0) is 17.1. The molecule has 0 aromatic heterocycles. The van der Waals surface area contributed by atoms with Crippen molar-refractivity contribution < 1.29 is 0 Å². The molecular weight excluding hydrogens is 300 g/mol. The topological polar surface area (TPSA) is 0 Å². The average molecular weight is 320 g/mol. The van der Waals surface area contributed by atoms with Gasteiger partial charge in [0.2, 0.25) is 0 Å². The van der Waals surface area contributed by atoms with Gasteiger partial charge >= 0.3 is 0 Å². The molecule has 0 heterocycles. The van der Waals surface area contributed by atoms with E-state index < -0.39 is 0 Å². The number of benzene rings is 4. The zero-order valence-corrected chi connectivity index (χ0v) is 14.3. The summed E-state index contributed by atoms with van der Waals surface area (Å²) in [5.41, 5.74) is 8.87. The van der Waals surface area contributed by atoms with Gasteiger partial charge in [-0.25, -0.2) is 0 Å². The molecule has 0 fully saturated rings. The molecule has 0 saturated carbocycles. The summed E-state index contributed by atoms with van der Waals surface area (Å²) in [5, 5.41) is 0. The third-order valence-electron chi connectivity index (χ3n) is 4.56. The first kappa shape index (κ1) is 15.4. The van der Waals surface area contributed by atoms with Crippen molar-refractivity contribution in [1.82, 2.24) is 0 Å². The van der Waals surface area contributed by atoms with Crippen LogP contribution in [0.25, 0.3) is 33.4 Å². The van der Waals surface area contributed by atoms with Crippen LogP contribution in [-0.2, 0) is 0 Å². The van der Waals surface area contributed by atoms with E-state index in [-0.39, 0.29) is 0 Å². The molecule has 0 aliphatic rings. The van der Waals surface area contributed by atoms with Crippen molar-refractivity contribution in [1.29, 1.82) is 0 Å². The Kier molecular flexibility index (Phi) is 4.18. The van der Waals surface area contributed by atoms with Gasteiger partial charge in [0.1, 0.15) is 0 Å². The molecule has 0 aliphatic carbocycles. The van der Waals surface area contributed by atoms with Gasteiger partial charge in [0.15, 0.2) is 0 Å². The molecular formula is C25H20. The van der Waals surface area contributed by atoms with Crippen LogP contribution in [0.15, 0.2) is 103 Å². The Morgan fingerprint density at radius 3 is 1.48 bits per heavy atom. The fourth-order valence-corrected chi connectivity index (χ4v) is 3.37. The van der Waals surface area contributed by atoms with Crippen molar-refractivity contribution in [3.05, 3.63) is 109 Å². The minimum atomic E-state index is 1.25. The van der Waals surface area contributed by atoms with Gasteiger partial charge < -0.3 is 0 Å². The monoisotopic (exact) mass is 320 g/mol. The van der Waals surface area contributed by atoms with Crippen molar-refractivity contribution in [2.75, 3.05) is 0 Å². The summed E-state index contributed by atoms with van der Waals surface area (Å²) in [4.78, 5) is 0. The molecule has 0 aliphatic heterocycles. The zero-order valence-electron chi connectivity index (χ0n) is 14.3. The van der Waals surface area contributed by atoms with Crippen LogP contribution in [0.2, 0.25) is 0 Å². The summed E-state index contributed by atoms with van der Waals surface area (Å²) in [6.45, 7) is 2.14. The highest BCUT2D eigenvalue weighted by molar-refractivity contribution is 5.91. The van der Waals surface area contributed by atoms with E-state index in [4.69, 9.17) is 0 Å². The lowest BCUT2D eigenvalue weighted by atomic mass is 9.89. The van der Waals surface area contributed by atoms with Crippen LogP contribution in [0, 0.1) is 6.92 Å². The average Bonchev–Trinajstić information content (AvgIpc) is 2.69. The van der Waals surface area contributed by atoms with Crippen LogP contribution >= 0.6 is 0 Å². The van der Waals surface area contributed by atoms with Crippen LogP contribution < -0.4 is 0 Å². The second kappa shape index (κ2) is 6.78. The lowest BCUT2D eigenvalue weighted by Crippen LogP contribution is -1.89. The van der Waals surface area contributed by atoms with Crippen LogP contribution in [0.3, 0.4) is 0 Å². The highest BCUT2D eigenvalue weighted by atomic mass is 14.1. The first-order valence-electron chi connectivity index (χ1n) is 8.64. The molecule has 4 aromatic rings. The van der Waals surface area contributed by atoms with Gasteiger partial charge in [0, 0.05) is 0 Å². The van der Waals surface area contributed by atoms with Crippen molar-refractivity contribution in [2.24, 2.45) is 0 Å². The van der Waals surface area contributed by atoms with Gasteiger partial charge in [-0.1, -0.05) is 109 Å². The van der Waals surface area contributed by atoms with E-state index in [0.29, 0.717) is 0 Å². The van der Waals surface area contributed by atoms with Crippen LogP contribution in [0.5, 0.6) is 0 Å². The summed E-state index contributed by atoms with van der Waals surface area (Å²) >= 11 is 0. The number of hydrogen-bond donors (Lipinski definition) is 0. The molecule has 4 rings (SSSR count). The Balaban J connectivity index is 1.93. The molecule has 0 radical (unpaired) electrons. The van der Waals surface area contributed by atoms with Crippen LogP contribution in [0.4, 0.5) is 0 Å². The SMILES string of the molecule is Cc1cccc(-c2ccccc2-c2ccccc2-c2ccccc2)c1. The summed E-state index contributed by atoms with van der Waals surface area (Å²) in [6, 6.07) is 36.7. The quantitative estimate of drug-likeness (QED) is 0.381. The molecule has 0 unspecified atom stereocenters. The summed E-state index contributed by atoms with van der Waals surface area (Å²) < 4.78 is 0. The maximum absolute atomic E-state index is 2.25. The van der Waals surface area contributed by atoms with Crippen molar-refractivity contribution in [3.8, 4) is 33.4 Å². The smallest absolute Gasteiger partial charge is 0.00992 e. The highest BCUT2D eigenvalue weighted by Crippen LogP contribution is 2.37. The third kappa shape index (κ3) is 3.12. The van der Waals surface area contributed by atoms with Crippen molar-refractivity contribution in [3.63, 3.8) is 0 Å². The van der Waals surface area contributed by atoms with E-state index in [1.165, 1.54) is 38.9 Å². The molecule has 0 heteroatoms. The Morgan fingerprint density at radius 1 is 0.400 bits per heavy atom. The maximum atomic E-state index is 2.25. The second-order valence-electron chi connectivity index (χ2n) is 6.33. The fourth-order valence-electron chi connectivity index (χ4n) is 3.37. The Hall–Kier alpha value is -3.12. The molecule has 0 spiro atoms. The maximum Gasteiger partial charge on any atom is -0.00992 e. The first-order valence-corrected chi connectivity index (χ1v) is 8.64. The number of aryl methyl sites for hydroxylation is 1. The predicted molar refractivity (Wildman–Crippen MR) is 107 cm³/mol. The van der Waals surface area contributed by atoms with Crippen LogP contribution in [0.1, 0.15) is 5.56 Å². The summed E-state index contributed by atoms with van der Waals surface area (Å²) in [5.74, 6) is 0. The van der Waals surface area contributed by atoms with Crippen LogP contribution in [-0.4, -0.2) is 0 Å². The fraction of sp³-hybridized carbons (Fsp3) is 0.0400. The van der Waals surface area contributed by atoms with Crippen molar-refractivity contribution in [2.45, 2.75) is 6.92 Å². The Labute approximate surface area is 149 Å². The predicted octanol–water partition coefficient (Wildman–Crippen LogP) is 7.00. The highest BCUT2D eigenvalue weighted by Gasteiger charge is 2.11. The standard InChI is InChI=1S/C25H20/c1-19-10-9-13-21(18-19)23-15-6-8-17-25(23)24-16-7-5-14-22(24)20-11-3-2-4-12-20/h2-18H,1H3. The molecule has 120 valence electrons. The van der Waals surface area contributed by atoms with E-state index in [9.17, 15) is 0 Å². The minimum absolute atomic E-state index is 1.25. The molecule has 0 nitrogen and oxygen atoms in total. The van der Waals surface area contributed by atoms with E-state index >= 15 is 0 Å². The number of hydrogen-bond acceptors (Lipinski definition) is 0. The lowest BCUT2D eigenvalue weighted by Gasteiger charge is -2.15. The van der Waals surface area contributed by atoms with Gasteiger partial charge in [-0.15, -0.1) is 0 Å². The third-order valence-corrected chi connectivity index (χ3v) is 4.56. The molecule has 0 N–H and O–H groups in total. The van der Waals surface area contributed by atoms with Gasteiger partial charge in [-0.3, -0.25) is 0 Å². The largest absolute Gasteiger partial charge is 0.0622 e. The molecule has 0 saturated heterocycles. The van der Waals surface area contributed by atoms with E-state index in [1.807, 2.05) is 0 Å². The first-order chi connectivity index (χ1) is 12.3. The molecule has 0 amide bonds. The van der Waals surface area contributed by atoms with E-state index in [1.54, 1.807) is 0 Å². The molecule has 0 atom stereocenters. The van der Waals surface area contributed by atoms with Crippen molar-refractivity contribution >= 4 is 0 Å². The van der Waals surface area contributed by atoms with Gasteiger partial charge in [0.25, 0.3) is 0 Å². The van der Waals surface area contributed by atoms with Gasteiger partial charge in [-0.05, 0) is 40.3 Å². The Bertz CT molecular complexity index is 997. The van der Waals surface area contributed by atoms with E-state index in [2.05, 4.69) is 110 Å². The normalized spacial score (nSPS) is 10.6. The summed E-state index contributed by atoms with van der Waals surface area (Å²) in [7, 11) is 0. The van der Waals surface area contributed by atoms with Gasteiger partial charge in [-0.2, -0.15) is 0 Å². The van der Waals surface area contributed by atoms with Gasteiger partial charge in [0.05, 0.1) is 0 Å². The number of rotatable bonds is 3. The summed E-state index contributed by atoms with van der Waals surface area (Å²) in [6.07, 6.45) is 0. The Morgan fingerprint density at radius 2 is 0.880 bits per heavy atom.